The molecule has 0 aliphatic rings. The SMILES string of the molecule is O=c1oc2c(cc(NS(=O)(=O)c3ccc(Cl)c([N+](=O)[O-])c3)c3ccccc32)s1. The van der Waals surface area contributed by atoms with Gasteiger partial charge in [0.25, 0.3) is 15.7 Å². The molecule has 0 atom stereocenters. The van der Waals surface area contributed by atoms with Crippen LogP contribution in [0, 0.1) is 10.1 Å². The highest BCUT2D eigenvalue weighted by atomic mass is 35.5. The molecule has 11 heteroatoms. The van der Waals surface area contributed by atoms with E-state index in [9.17, 15) is 23.3 Å². The zero-order valence-corrected chi connectivity index (χ0v) is 16.1. The highest BCUT2D eigenvalue weighted by Gasteiger charge is 2.22. The van der Waals surface area contributed by atoms with Gasteiger partial charge in [-0.2, -0.15) is 0 Å². The molecule has 0 bridgehead atoms. The average Bonchev–Trinajstić information content (AvgIpc) is 3.02. The lowest BCUT2D eigenvalue weighted by atomic mass is 10.1. The second kappa shape index (κ2) is 6.59. The Morgan fingerprint density at radius 1 is 1.11 bits per heavy atom. The predicted octanol–water partition coefficient (Wildman–Crippen LogP) is 4.37. The van der Waals surface area contributed by atoms with E-state index >= 15 is 0 Å². The second-order valence-corrected chi connectivity index (χ2v) is 8.79. The van der Waals surface area contributed by atoms with Gasteiger partial charge in [-0.15, -0.1) is 0 Å². The second-order valence-electron chi connectivity index (χ2n) is 5.73. The highest BCUT2D eigenvalue weighted by molar-refractivity contribution is 7.92. The largest absolute Gasteiger partial charge is 0.413 e. The van der Waals surface area contributed by atoms with Crippen LogP contribution in [0.1, 0.15) is 0 Å². The Morgan fingerprint density at radius 3 is 2.54 bits per heavy atom. The smallest absolute Gasteiger partial charge is 0.396 e. The van der Waals surface area contributed by atoms with Gasteiger partial charge in [0.1, 0.15) is 5.02 Å². The number of nitro benzene ring substituents is 1. The van der Waals surface area contributed by atoms with Crippen LogP contribution in [0.15, 0.2) is 62.6 Å². The van der Waals surface area contributed by atoms with Crippen molar-refractivity contribution in [2.75, 3.05) is 4.72 Å². The lowest BCUT2D eigenvalue weighted by Gasteiger charge is -2.11. The number of nitro groups is 1. The monoisotopic (exact) mass is 436 g/mol. The molecule has 1 aromatic heterocycles. The first-order valence-corrected chi connectivity index (χ1v) is 10.4. The van der Waals surface area contributed by atoms with Crippen LogP contribution in [-0.2, 0) is 10.0 Å². The van der Waals surface area contributed by atoms with Gasteiger partial charge in [0, 0.05) is 16.8 Å². The third-order valence-electron chi connectivity index (χ3n) is 4.01. The van der Waals surface area contributed by atoms with Gasteiger partial charge in [-0.25, -0.2) is 13.2 Å². The van der Waals surface area contributed by atoms with Crippen LogP contribution in [0.2, 0.25) is 5.02 Å². The number of sulfonamides is 1. The van der Waals surface area contributed by atoms with E-state index in [1.807, 2.05) is 0 Å². The van der Waals surface area contributed by atoms with Gasteiger partial charge in [-0.1, -0.05) is 47.2 Å². The summed E-state index contributed by atoms with van der Waals surface area (Å²) in [5.74, 6) is 0. The summed E-state index contributed by atoms with van der Waals surface area (Å²) in [6.45, 7) is 0. The first-order valence-electron chi connectivity index (χ1n) is 7.68. The molecule has 0 radical (unpaired) electrons. The van der Waals surface area contributed by atoms with Gasteiger partial charge in [0.2, 0.25) is 0 Å². The summed E-state index contributed by atoms with van der Waals surface area (Å²) in [6.07, 6.45) is 0. The number of halogens is 1. The normalized spacial score (nSPS) is 11.8. The van der Waals surface area contributed by atoms with Crippen molar-refractivity contribution in [3.63, 3.8) is 0 Å². The topological polar surface area (TPSA) is 120 Å². The summed E-state index contributed by atoms with van der Waals surface area (Å²) in [5.41, 5.74) is 0.0753. The van der Waals surface area contributed by atoms with Crippen molar-refractivity contribution in [2.45, 2.75) is 4.90 Å². The molecule has 4 rings (SSSR count). The summed E-state index contributed by atoms with van der Waals surface area (Å²) in [5, 5.41) is 12.0. The molecule has 0 aliphatic heterocycles. The third kappa shape index (κ3) is 3.11. The number of rotatable bonds is 4. The number of fused-ring (bicyclic) bond motifs is 3. The number of anilines is 1. The van der Waals surface area contributed by atoms with Crippen LogP contribution >= 0.6 is 22.9 Å². The van der Waals surface area contributed by atoms with Crippen LogP contribution < -0.4 is 9.66 Å². The van der Waals surface area contributed by atoms with E-state index in [2.05, 4.69) is 4.72 Å². The molecule has 0 aliphatic carbocycles. The Morgan fingerprint density at radius 2 is 1.82 bits per heavy atom. The number of hydrogen-bond acceptors (Lipinski definition) is 7. The van der Waals surface area contributed by atoms with Crippen molar-refractivity contribution in [1.29, 1.82) is 0 Å². The van der Waals surface area contributed by atoms with Crippen LogP contribution in [0.25, 0.3) is 21.1 Å². The molecule has 4 aromatic rings. The van der Waals surface area contributed by atoms with Gasteiger partial charge in [0.15, 0.2) is 5.58 Å². The standard InChI is InChI=1S/C17H9ClN2O6S2/c18-12-6-5-9(7-14(12)20(22)23)28(24,25)19-13-8-15-16(26-17(21)27-15)11-4-2-1-3-10(11)13/h1-8,19H. The fourth-order valence-electron chi connectivity index (χ4n) is 2.79. The van der Waals surface area contributed by atoms with Crippen molar-refractivity contribution < 1.29 is 17.8 Å². The Hall–Kier alpha value is -2.95. The molecule has 0 saturated carbocycles. The molecule has 3 aromatic carbocycles. The van der Waals surface area contributed by atoms with E-state index < -0.39 is 25.6 Å². The Bertz CT molecular complexity index is 1420. The highest BCUT2D eigenvalue weighted by Crippen LogP contribution is 2.35. The molecule has 1 heterocycles. The van der Waals surface area contributed by atoms with E-state index in [1.165, 1.54) is 12.1 Å². The van der Waals surface area contributed by atoms with E-state index in [0.29, 0.717) is 21.1 Å². The van der Waals surface area contributed by atoms with Gasteiger partial charge in [-0.3, -0.25) is 14.8 Å². The molecule has 0 amide bonds. The van der Waals surface area contributed by atoms with E-state index in [-0.39, 0.29) is 15.6 Å². The van der Waals surface area contributed by atoms with Gasteiger partial charge >= 0.3 is 4.94 Å². The van der Waals surface area contributed by atoms with Gasteiger partial charge in [0.05, 0.1) is 20.2 Å². The molecular weight excluding hydrogens is 428 g/mol. The Kier molecular flexibility index (Phi) is 4.33. The van der Waals surface area contributed by atoms with E-state index in [0.717, 1.165) is 23.5 Å². The van der Waals surface area contributed by atoms with Crippen LogP contribution in [0.5, 0.6) is 0 Å². The first kappa shape index (κ1) is 18.4. The molecule has 142 valence electrons. The zero-order chi connectivity index (χ0) is 20.1. The fraction of sp³-hybridized carbons (Fsp3) is 0. The predicted molar refractivity (Wildman–Crippen MR) is 107 cm³/mol. The number of nitrogens with one attached hydrogen (secondary N) is 1. The zero-order valence-electron chi connectivity index (χ0n) is 13.7. The maximum Gasteiger partial charge on any atom is 0.396 e. The molecule has 28 heavy (non-hydrogen) atoms. The summed E-state index contributed by atoms with van der Waals surface area (Å²) in [4.78, 5) is 21.1. The number of nitrogens with zero attached hydrogens (tertiary/aromatic N) is 1. The minimum atomic E-state index is -4.16. The van der Waals surface area contributed by atoms with Gasteiger partial charge in [-0.05, 0) is 18.2 Å². The Balaban J connectivity index is 1.88. The quantitative estimate of drug-likeness (QED) is 0.374. The summed E-state index contributed by atoms with van der Waals surface area (Å²) in [6, 6.07) is 11.5. The molecular formula is C17H9ClN2O6S2. The molecule has 0 unspecified atom stereocenters. The van der Waals surface area contributed by atoms with Crippen molar-refractivity contribution in [3.8, 4) is 0 Å². The average molecular weight is 437 g/mol. The summed E-state index contributed by atoms with van der Waals surface area (Å²) in [7, 11) is -4.16. The number of hydrogen-bond donors (Lipinski definition) is 1. The molecule has 8 nitrogen and oxygen atoms in total. The van der Waals surface area contributed by atoms with Crippen LogP contribution in [-0.4, -0.2) is 13.3 Å². The molecule has 0 saturated heterocycles. The lowest BCUT2D eigenvalue weighted by Crippen LogP contribution is -2.13. The maximum atomic E-state index is 12.8. The molecule has 0 spiro atoms. The van der Waals surface area contributed by atoms with E-state index in [4.69, 9.17) is 16.0 Å². The third-order valence-corrected chi connectivity index (χ3v) is 6.46. The minimum absolute atomic E-state index is 0.168. The fourth-order valence-corrected chi connectivity index (χ4v) is 4.79. The Labute approximate surface area is 166 Å². The van der Waals surface area contributed by atoms with Crippen molar-refractivity contribution in [2.24, 2.45) is 0 Å². The van der Waals surface area contributed by atoms with Crippen molar-refractivity contribution in [3.05, 3.63) is 73.4 Å². The van der Waals surface area contributed by atoms with Crippen molar-refractivity contribution >= 4 is 65.4 Å². The van der Waals surface area contributed by atoms with E-state index in [1.54, 1.807) is 24.3 Å². The lowest BCUT2D eigenvalue weighted by molar-refractivity contribution is -0.384. The van der Waals surface area contributed by atoms with Crippen molar-refractivity contribution in [1.82, 2.24) is 0 Å². The number of benzene rings is 3. The molecule has 1 N–H and O–H groups in total. The van der Waals surface area contributed by atoms with Gasteiger partial charge < -0.3 is 4.42 Å². The molecule has 0 fully saturated rings. The first-order chi connectivity index (χ1) is 13.3. The maximum absolute atomic E-state index is 12.8. The summed E-state index contributed by atoms with van der Waals surface area (Å²) < 4.78 is 33.7. The van der Waals surface area contributed by atoms with Crippen LogP contribution in [0.4, 0.5) is 11.4 Å². The summed E-state index contributed by atoms with van der Waals surface area (Å²) >= 11 is 6.60. The van der Waals surface area contributed by atoms with Crippen LogP contribution in [0.3, 0.4) is 0 Å². The minimum Gasteiger partial charge on any atom is -0.413 e.